The lowest BCUT2D eigenvalue weighted by Gasteiger charge is -2.56. The highest BCUT2D eigenvalue weighted by molar-refractivity contribution is 6.01. The third-order valence-electron chi connectivity index (χ3n) is 8.92. The van der Waals surface area contributed by atoms with Crippen LogP contribution >= 0.6 is 0 Å². The smallest absolute Gasteiger partial charge is 0.228 e. The highest BCUT2D eigenvalue weighted by Gasteiger charge is 2.46. The van der Waals surface area contributed by atoms with Crippen LogP contribution in [-0.2, 0) is 11.2 Å². The minimum absolute atomic E-state index is 0.0609. The molecule has 1 saturated carbocycles. The van der Waals surface area contributed by atoms with Gasteiger partial charge in [0, 0.05) is 54.8 Å². The van der Waals surface area contributed by atoms with Gasteiger partial charge in [0.1, 0.15) is 5.82 Å². The highest BCUT2D eigenvalue weighted by atomic mass is 16.1. The number of fused-ring (bicyclic) bond motifs is 3. The summed E-state index contributed by atoms with van der Waals surface area (Å²) in [7, 11) is 0. The monoisotopic (exact) mass is 504 g/mol. The molecule has 4 aliphatic rings. The average Bonchev–Trinajstić information content (AvgIpc) is 3.36. The van der Waals surface area contributed by atoms with Crippen molar-refractivity contribution in [1.29, 1.82) is 5.26 Å². The van der Waals surface area contributed by atoms with Gasteiger partial charge in [0.15, 0.2) is 0 Å². The molecule has 3 aliphatic heterocycles. The number of piperidine rings is 1. The van der Waals surface area contributed by atoms with Crippen LogP contribution in [0.25, 0.3) is 11.1 Å². The molecule has 1 aromatic heterocycles. The van der Waals surface area contributed by atoms with Gasteiger partial charge in [0.25, 0.3) is 0 Å². The van der Waals surface area contributed by atoms with E-state index in [1.54, 1.807) is 0 Å². The quantitative estimate of drug-likeness (QED) is 0.547. The molecule has 7 rings (SSSR count). The first-order valence-corrected chi connectivity index (χ1v) is 13.9. The molecule has 0 radical (unpaired) electrons. The molecule has 7 nitrogen and oxygen atoms in total. The van der Waals surface area contributed by atoms with Crippen molar-refractivity contribution in [3.05, 3.63) is 71.9 Å². The number of carbonyl (C=O) groups is 1. The minimum Gasteiger partial charge on any atom is -0.370 e. The van der Waals surface area contributed by atoms with E-state index < -0.39 is 0 Å². The summed E-state index contributed by atoms with van der Waals surface area (Å²) in [5.74, 6) is 1.11. The molecule has 0 spiro atoms. The third kappa shape index (κ3) is 4.00. The van der Waals surface area contributed by atoms with E-state index >= 15 is 0 Å². The van der Waals surface area contributed by atoms with Gasteiger partial charge in [0.2, 0.25) is 5.91 Å². The Bertz CT molecular complexity index is 1410. The van der Waals surface area contributed by atoms with Crippen molar-refractivity contribution in [1.82, 2.24) is 10.3 Å². The zero-order chi connectivity index (χ0) is 25.6. The lowest BCUT2D eigenvalue weighted by molar-refractivity contribution is -0.115. The van der Waals surface area contributed by atoms with Crippen LogP contribution in [0, 0.1) is 11.3 Å². The number of hydrogen-bond acceptors (Lipinski definition) is 6. The lowest BCUT2D eigenvalue weighted by Crippen LogP contribution is -2.72. The largest absolute Gasteiger partial charge is 0.370 e. The Kier molecular flexibility index (Phi) is 5.78. The van der Waals surface area contributed by atoms with Crippen LogP contribution in [0.1, 0.15) is 43.2 Å². The molecule has 7 heteroatoms. The summed E-state index contributed by atoms with van der Waals surface area (Å²) in [5.41, 5.74) is 6.14. The van der Waals surface area contributed by atoms with E-state index in [0.29, 0.717) is 36.2 Å². The number of nitrogens with one attached hydrogen (secondary N) is 2. The second kappa shape index (κ2) is 9.45. The number of amides is 1. The molecule has 3 aromatic rings. The molecule has 2 N–H and O–H groups in total. The van der Waals surface area contributed by atoms with E-state index in [-0.39, 0.29) is 5.91 Å². The molecular formula is C31H32N6O. The number of aromatic nitrogens is 1. The van der Waals surface area contributed by atoms with Crippen LogP contribution in [0.4, 0.5) is 17.2 Å². The Balaban J connectivity index is 1.21. The number of piperazine rings is 1. The number of anilines is 3. The molecule has 38 heavy (non-hydrogen) atoms. The van der Waals surface area contributed by atoms with Crippen LogP contribution in [-0.4, -0.2) is 48.1 Å². The summed E-state index contributed by atoms with van der Waals surface area (Å²) >= 11 is 0. The number of nitrogens with zero attached hydrogens (tertiary/aromatic N) is 4. The fraction of sp³-hybridized carbons (Fsp3) is 0.387. The van der Waals surface area contributed by atoms with Gasteiger partial charge in [-0.05, 0) is 78.4 Å². The Hall–Kier alpha value is -3.89. The first kappa shape index (κ1) is 23.2. The Morgan fingerprint density at radius 3 is 2.68 bits per heavy atom. The average molecular weight is 505 g/mol. The predicted molar refractivity (Wildman–Crippen MR) is 149 cm³/mol. The van der Waals surface area contributed by atoms with E-state index in [0.717, 1.165) is 47.7 Å². The first-order valence-electron chi connectivity index (χ1n) is 13.9. The van der Waals surface area contributed by atoms with Crippen molar-refractivity contribution >= 4 is 23.1 Å². The number of nitriles is 1. The van der Waals surface area contributed by atoms with Crippen molar-refractivity contribution < 1.29 is 4.79 Å². The summed E-state index contributed by atoms with van der Waals surface area (Å²) in [6.07, 6.45) is 8.32. The molecule has 2 aromatic carbocycles. The van der Waals surface area contributed by atoms with Crippen molar-refractivity contribution in [2.24, 2.45) is 0 Å². The topological polar surface area (TPSA) is 84.3 Å². The number of pyridine rings is 1. The van der Waals surface area contributed by atoms with Crippen LogP contribution in [0.5, 0.6) is 0 Å². The zero-order valence-corrected chi connectivity index (χ0v) is 21.4. The maximum atomic E-state index is 12.1. The van der Waals surface area contributed by atoms with Gasteiger partial charge in [-0.3, -0.25) is 4.79 Å². The molecule has 2 saturated heterocycles. The van der Waals surface area contributed by atoms with E-state index in [9.17, 15) is 10.1 Å². The maximum Gasteiger partial charge on any atom is 0.228 e. The van der Waals surface area contributed by atoms with Gasteiger partial charge in [-0.2, -0.15) is 5.26 Å². The van der Waals surface area contributed by atoms with Gasteiger partial charge in [-0.25, -0.2) is 4.98 Å². The molecule has 3 fully saturated rings. The van der Waals surface area contributed by atoms with Crippen molar-refractivity contribution in [2.45, 2.75) is 62.7 Å². The van der Waals surface area contributed by atoms with E-state index in [2.05, 4.69) is 56.8 Å². The van der Waals surface area contributed by atoms with Gasteiger partial charge in [0.05, 0.1) is 18.1 Å². The summed E-state index contributed by atoms with van der Waals surface area (Å²) in [6.45, 7) is 1.91. The lowest BCUT2D eigenvalue weighted by atomic mass is 9.81. The normalized spacial score (nSPS) is 26.1. The van der Waals surface area contributed by atoms with Gasteiger partial charge in [-0.15, -0.1) is 0 Å². The van der Waals surface area contributed by atoms with E-state index in [4.69, 9.17) is 4.98 Å². The van der Waals surface area contributed by atoms with Crippen LogP contribution in [0.2, 0.25) is 0 Å². The molecular weight excluding hydrogens is 472 g/mol. The molecule has 192 valence electrons. The summed E-state index contributed by atoms with van der Waals surface area (Å²) in [4.78, 5) is 22.2. The SMILES string of the molecule is N#Cc1ccc(N2CCC3[C@@H](C2)N[C@@H]2CCCCC2N3c2cc(-c3cccc4c3CC(=O)N4)ccn2)cc1. The van der Waals surface area contributed by atoms with Crippen molar-refractivity contribution in [3.63, 3.8) is 0 Å². The first-order chi connectivity index (χ1) is 18.7. The van der Waals surface area contributed by atoms with Crippen LogP contribution in [0.15, 0.2) is 60.8 Å². The summed E-state index contributed by atoms with van der Waals surface area (Å²) < 4.78 is 0. The van der Waals surface area contributed by atoms with Gasteiger partial charge >= 0.3 is 0 Å². The second-order valence-electron chi connectivity index (χ2n) is 11.1. The molecule has 2 unspecified atom stereocenters. The molecule has 4 heterocycles. The number of carbonyl (C=O) groups excluding carboxylic acids is 1. The Labute approximate surface area is 223 Å². The number of rotatable bonds is 3. The number of hydrogen-bond donors (Lipinski definition) is 2. The maximum absolute atomic E-state index is 12.1. The van der Waals surface area contributed by atoms with E-state index in [1.807, 2.05) is 30.5 Å². The van der Waals surface area contributed by atoms with Crippen molar-refractivity contribution in [3.8, 4) is 17.2 Å². The fourth-order valence-corrected chi connectivity index (χ4v) is 7.16. The molecule has 0 bridgehead atoms. The third-order valence-corrected chi connectivity index (χ3v) is 8.92. The molecule has 1 aliphatic carbocycles. The predicted octanol–water partition coefficient (Wildman–Crippen LogP) is 4.48. The Morgan fingerprint density at radius 1 is 0.974 bits per heavy atom. The molecule has 1 amide bonds. The van der Waals surface area contributed by atoms with Crippen LogP contribution < -0.4 is 20.4 Å². The summed E-state index contributed by atoms with van der Waals surface area (Å²) in [5, 5.41) is 16.2. The highest BCUT2D eigenvalue weighted by Crippen LogP contribution is 2.39. The fourth-order valence-electron chi connectivity index (χ4n) is 7.16. The van der Waals surface area contributed by atoms with E-state index in [1.165, 1.54) is 31.4 Å². The van der Waals surface area contributed by atoms with Crippen LogP contribution in [0.3, 0.4) is 0 Å². The zero-order valence-electron chi connectivity index (χ0n) is 21.4. The molecule has 4 atom stereocenters. The van der Waals surface area contributed by atoms with Crippen molar-refractivity contribution in [2.75, 3.05) is 28.2 Å². The second-order valence-corrected chi connectivity index (χ2v) is 11.1. The summed E-state index contributed by atoms with van der Waals surface area (Å²) in [6, 6.07) is 22.3. The standard InChI is InChI=1S/C31H32N6O/c32-18-20-8-10-22(11-9-20)36-15-13-29-27(19-36)34-26-5-1-2-7-28(26)37(29)30-16-21(12-14-33-30)23-4-3-6-25-24(23)17-31(38)35-25/h3-4,6,8-12,14,16,26-29,34H,1-2,5,7,13,15,17,19H2,(H,35,38)/t26-,27-,28?,29?/m1/s1. The van der Waals surface area contributed by atoms with Gasteiger partial charge in [-0.1, -0.05) is 25.0 Å². The number of benzene rings is 2. The Morgan fingerprint density at radius 2 is 1.82 bits per heavy atom. The van der Waals surface area contributed by atoms with Gasteiger partial charge < -0.3 is 20.4 Å². The minimum atomic E-state index is 0.0609.